The van der Waals surface area contributed by atoms with Crippen molar-refractivity contribution in [1.82, 2.24) is 0 Å². The molecule has 0 N–H and O–H groups in total. The fourth-order valence-corrected chi connectivity index (χ4v) is 2.22. The summed E-state index contributed by atoms with van der Waals surface area (Å²) in [7, 11) is 0. The number of hydrogen-bond acceptors (Lipinski definition) is 2. The first-order valence-electron chi connectivity index (χ1n) is 5.53. The van der Waals surface area contributed by atoms with Crippen LogP contribution in [0.4, 0.5) is 0 Å². The van der Waals surface area contributed by atoms with E-state index in [2.05, 4.69) is 15.9 Å². The van der Waals surface area contributed by atoms with Crippen molar-refractivity contribution in [3.05, 3.63) is 69.9 Å². The maximum atomic E-state index is 12.1. The standard InChI is InChI=1S/C15H9BrO2/c16-11-6-7-13-12(9-11)15(17)14(18-13)8-10-4-2-1-3-5-10/h1-9H. The molecule has 0 bridgehead atoms. The third-order valence-electron chi connectivity index (χ3n) is 2.73. The molecule has 1 aliphatic rings. The number of fused-ring (bicyclic) bond motifs is 1. The zero-order valence-corrected chi connectivity index (χ0v) is 11.0. The molecule has 3 heteroatoms. The van der Waals surface area contributed by atoms with E-state index in [1.165, 1.54) is 0 Å². The summed E-state index contributed by atoms with van der Waals surface area (Å²) in [6.45, 7) is 0. The molecule has 0 fully saturated rings. The molecule has 0 saturated heterocycles. The number of benzene rings is 2. The van der Waals surface area contributed by atoms with Crippen LogP contribution in [0.15, 0.2) is 58.8 Å². The Kier molecular flexibility index (Phi) is 2.76. The molecule has 1 heterocycles. The van der Waals surface area contributed by atoms with E-state index in [0.717, 1.165) is 10.0 Å². The Labute approximate surface area is 113 Å². The van der Waals surface area contributed by atoms with Crippen molar-refractivity contribution in [1.29, 1.82) is 0 Å². The topological polar surface area (TPSA) is 26.3 Å². The zero-order chi connectivity index (χ0) is 12.5. The number of allylic oxidation sites excluding steroid dienone is 1. The maximum Gasteiger partial charge on any atom is 0.232 e. The summed E-state index contributed by atoms with van der Waals surface area (Å²) in [5.74, 6) is 0.912. The second-order valence-electron chi connectivity index (χ2n) is 3.99. The molecule has 2 aromatic rings. The predicted molar refractivity (Wildman–Crippen MR) is 73.5 cm³/mol. The van der Waals surface area contributed by atoms with Crippen molar-refractivity contribution in [3.8, 4) is 5.75 Å². The van der Waals surface area contributed by atoms with E-state index in [4.69, 9.17) is 4.74 Å². The number of ether oxygens (including phenoxy) is 1. The van der Waals surface area contributed by atoms with E-state index in [9.17, 15) is 4.79 Å². The molecular formula is C15H9BrO2. The van der Waals surface area contributed by atoms with Gasteiger partial charge in [-0.15, -0.1) is 0 Å². The first-order valence-corrected chi connectivity index (χ1v) is 6.32. The summed E-state index contributed by atoms with van der Waals surface area (Å²) < 4.78 is 6.44. The molecule has 0 spiro atoms. The number of ketones is 1. The Morgan fingerprint density at radius 1 is 1.06 bits per heavy atom. The van der Waals surface area contributed by atoms with Crippen LogP contribution in [-0.4, -0.2) is 5.78 Å². The molecule has 0 radical (unpaired) electrons. The van der Waals surface area contributed by atoms with Crippen LogP contribution in [0.1, 0.15) is 15.9 Å². The van der Waals surface area contributed by atoms with E-state index in [1.54, 1.807) is 18.2 Å². The first-order chi connectivity index (χ1) is 8.74. The van der Waals surface area contributed by atoms with Gasteiger partial charge in [-0.2, -0.15) is 0 Å². The van der Waals surface area contributed by atoms with Gasteiger partial charge in [-0.3, -0.25) is 4.79 Å². The Hall–Kier alpha value is -1.87. The smallest absolute Gasteiger partial charge is 0.232 e. The van der Waals surface area contributed by atoms with Crippen molar-refractivity contribution >= 4 is 27.8 Å². The highest BCUT2D eigenvalue weighted by Gasteiger charge is 2.27. The summed E-state index contributed by atoms with van der Waals surface area (Å²) in [6.07, 6.45) is 1.76. The van der Waals surface area contributed by atoms with E-state index >= 15 is 0 Å². The minimum atomic E-state index is -0.0739. The molecular weight excluding hydrogens is 292 g/mol. The van der Waals surface area contributed by atoms with Gasteiger partial charge in [-0.05, 0) is 29.8 Å². The fourth-order valence-electron chi connectivity index (χ4n) is 1.86. The lowest BCUT2D eigenvalue weighted by molar-refractivity contribution is 0.101. The summed E-state index contributed by atoms with van der Waals surface area (Å²) in [4.78, 5) is 12.1. The van der Waals surface area contributed by atoms with Crippen LogP contribution in [0.25, 0.3) is 6.08 Å². The number of halogens is 1. The highest BCUT2D eigenvalue weighted by molar-refractivity contribution is 9.10. The number of Topliss-reactive ketones (excluding diaryl/α,β-unsaturated/α-hetero) is 1. The van der Waals surface area contributed by atoms with Crippen molar-refractivity contribution in [2.45, 2.75) is 0 Å². The van der Waals surface area contributed by atoms with Crippen molar-refractivity contribution in [2.24, 2.45) is 0 Å². The SMILES string of the molecule is O=C1C(=Cc2ccccc2)Oc2ccc(Br)cc21. The van der Waals surface area contributed by atoms with Gasteiger partial charge in [0.15, 0.2) is 5.76 Å². The summed E-state index contributed by atoms with van der Waals surface area (Å²) >= 11 is 3.35. The fraction of sp³-hybridized carbons (Fsp3) is 0. The zero-order valence-electron chi connectivity index (χ0n) is 9.39. The highest BCUT2D eigenvalue weighted by Crippen LogP contribution is 2.33. The van der Waals surface area contributed by atoms with E-state index < -0.39 is 0 Å². The lowest BCUT2D eigenvalue weighted by Crippen LogP contribution is -1.97. The third-order valence-corrected chi connectivity index (χ3v) is 3.22. The largest absolute Gasteiger partial charge is 0.452 e. The minimum Gasteiger partial charge on any atom is -0.452 e. The van der Waals surface area contributed by atoms with Crippen molar-refractivity contribution in [2.75, 3.05) is 0 Å². The Morgan fingerprint density at radius 3 is 2.61 bits per heavy atom. The average molecular weight is 301 g/mol. The van der Waals surface area contributed by atoms with E-state index in [1.807, 2.05) is 36.4 Å². The van der Waals surface area contributed by atoms with Crippen LogP contribution in [-0.2, 0) is 0 Å². The summed E-state index contributed by atoms with van der Waals surface area (Å²) in [6, 6.07) is 15.1. The first kappa shape index (κ1) is 11.2. The van der Waals surface area contributed by atoms with Gasteiger partial charge < -0.3 is 4.74 Å². The van der Waals surface area contributed by atoms with Crippen LogP contribution in [0.5, 0.6) is 5.75 Å². The van der Waals surface area contributed by atoms with Gasteiger partial charge in [0, 0.05) is 4.47 Å². The van der Waals surface area contributed by atoms with Gasteiger partial charge in [0.1, 0.15) is 5.75 Å². The number of hydrogen-bond donors (Lipinski definition) is 0. The predicted octanol–water partition coefficient (Wildman–Crippen LogP) is 4.07. The van der Waals surface area contributed by atoms with Gasteiger partial charge >= 0.3 is 0 Å². The van der Waals surface area contributed by atoms with Gasteiger partial charge in [0.05, 0.1) is 5.56 Å². The minimum absolute atomic E-state index is 0.0739. The van der Waals surface area contributed by atoms with Crippen molar-refractivity contribution in [3.63, 3.8) is 0 Å². The Bertz CT molecular complexity index is 645. The third kappa shape index (κ3) is 1.97. The van der Waals surface area contributed by atoms with Gasteiger partial charge in [0.2, 0.25) is 5.78 Å². The molecule has 2 aromatic carbocycles. The molecule has 0 atom stereocenters. The second-order valence-corrected chi connectivity index (χ2v) is 4.91. The second kappa shape index (κ2) is 4.42. The lowest BCUT2D eigenvalue weighted by Gasteiger charge is -1.98. The molecule has 0 saturated carbocycles. The molecule has 0 aromatic heterocycles. The van der Waals surface area contributed by atoms with Crippen LogP contribution in [0.3, 0.4) is 0 Å². The normalized spacial score (nSPS) is 15.6. The molecule has 0 aliphatic carbocycles. The van der Waals surface area contributed by atoms with Crippen LogP contribution >= 0.6 is 15.9 Å². The number of rotatable bonds is 1. The summed E-state index contributed by atoms with van der Waals surface area (Å²) in [5.41, 5.74) is 1.55. The van der Waals surface area contributed by atoms with Crippen LogP contribution in [0.2, 0.25) is 0 Å². The van der Waals surface area contributed by atoms with Gasteiger partial charge in [-0.1, -0.05) is 46.3 Å². The molecule has 0 unspecified atom stereocenters. The molecule has 2 nitrogen and oxygen atoms in total. The van der Waals surface area contributed by atoms with Crippen LogP contribution in [0, 0.1) is 0 Å². The maximum absolute atomic E-state index is 12.1. The summed E-state index contributed by atoms with van der Waals surface area (Å²) in [5, 5.41) is 0. The molecule has 88 valence electrons. The van der Waals surface area contributed by atoms with Crippen LogP contribution < -0.4 is 4.74 Å². The molecule has 1 aliphatic heterocycles. The van der Waals surface area contributed by atoms with Gasteiger partial charge in [-0.25, -0.2) is 0 Å². The number of carbonyl (C=O) groups excluding carboxylic acids is 1. The molecule has 0 amide bonds. The lowest BCUT2D eigenvalue weighted by atomic mass is 10.1. The molecule has 3 rings (SSSR count). The Morgan fingerprint density at radius 2 is 1.83 bits per heavy atom. The van der Waals surface area contributed by atoms with E-state index in [-0.39, 0.29) is 5.78 Å². The van der Waals surface area contributed by atoms with Crippen molar-refractivity contribution < 1.29 is 9.53 Å². The average Bonchev–Trinajstić information content (AvgIpc) is 2.68. The highest BCUT2D eigenvalue weighted by atomic mass is 79.9. The Balaban J connectivity index is 2.00. The van der Waals surface area contributed by atoms with Gasteiger partial charge in [0.25, 0.3) is 0 Å². The number of carbonyl (C=O) groups is 1. The van der Waals surface area contributed by atoms with E-state index in [0.29, 0.717) is 17.1 Å². The monoisotopic (exact) mass is 300 g/mol. The molecule has 18 heavy (non-hydrogen) atoms. The quantitative estimate of drug-likeness (QED) is 0.742.